The number of benzene rings is 1. The van der Waals surface area contributed by atoms with Crippen LogP contribution in [0.2, 0.25) is 0 Å². The summed E-state index contributed by atoms with van der Waals surface area (Å²) in [4.78, 5) is 20.7. The van der Waals surface area contributed by atoms with Crippen LogP contribution in [-0.2, 0) is 4.57 Å². The van der Waals surface area contributed by atoms with Gasteiger partial charge in [-0.3, -0.25) is 4.57 Å². The molecule has 0 aliphatic carbocycles. The van der Waals surface area contributed by atoms with Gasteiger partial charge in [-0.05, 0) is 24.3 Å². The Balaban J connectivity index is 2.20. The van der Waals surface area contributed by atoms with Gasteiger partial charge in [0, 0.05) is 5.56 Å². The Morgan fingerprint density at radius 3 is 2.32 bits per heavy atom. The molecule has 1 aromatic heterocycles. The lowest BCUT2D eigenvalue weighted by molar-refractivity contribution is -0.274. The van der Waals surface area contributed by atoms with Gasteiger partial charge in [0.1, 0.15) is 5.75 Å². The number of aromatic nitrogens is 2. The van der Waals surface area contributed by atoms with Crippen LogP contribution in [0.3, 0.4) is 0 Å². The molecule has 0 fully saturated rings. The Morgan fingerprint density at radius 1 is 1.23 bits per heavy atom. The maximum absolute atomic E-state index is 13.3. The average molecular weight is 342 g/mol. The van der Waals surface area contributed by atoms with Gasteiger partial charge in [-0.25, -0.2) is 4.39 Å². The van der Waals surface area contributed by atoms with Gasteiger partial charge in [-0.2, -0.15) is 4.98 Å². The Kier molecular flexibility index (Phi) is 4.23. The minimum Gasteiger partial charge on any atom is -0.406 e. The predicted octanol–water partition coefficient (Wildman–Crippen LogP) is 2.78. The summed E-state index contributed by atoms with van der Waals surface area (Å²) in [5.41, 5.74) is 0.141. The molecule has 0 saturated heterocycles. The van der Waals surface area contributed by atoms with E-state index in [-0.39, 0.29) is 11.4 Å². The highest BCUT2D eigenvalue weighted by molar-refractivity contribution is 7.51. The molecule has 2 N–H and O–H groups in total. The van der Waals surface area contributed by atoms with Crippen molar-refractivity contribution in [3.8, 4) is 17.1 Å². The lowest BCUT2D eigenvalue weighted by atomic mass is 10.2. The van der Waals surface area contributed by atoms with E-state index < -0.39 is 31.5 Å². The van der Waals surface area contributed by atoms with Crippen molar-refractivity contribution in [1.29, 1.82) is 0 Å². The molecule has 0 radical (unpaired) electrons. The summed E-state index contributed by atoms with van der Waals surface area (Å²) in [7, 11) is -5.10. The molecule has 1 heterocycles. The van der Waals surface area contributed by atoms with E-state index >= 15 is 0 Å². The third-order valence-corrected chi connectivity index (χ3v) is 3.10. The zero-order valence-corrected chi connectivity index (χ0v) is 11.3. The van der Waals surface area contributed by atoms with Gasteiger partial charge >= 0.3 is 14.0 Å². The number of nitrogens with zero attached hydrogens (tertiary/aromatic N) is 2. The van der Waals surface area contributed by atoms with Crippen LogP contribution >= 0.6 is 7.60 Å². The first-order valence-electron chi connectivity index (χ1n) is 5.45. The van der Waals surface area contributed by atoms with E-state index in [4.69, 9.17) is 9.79 Å². The highest BCUT2D eigenvalue weighted by atomic mass is 31.2. The predicted molar refractivity (Wildman–Crippen MR) is 62.3 cm³/mol. The molecule has 0 bridgehead atoms. The molecule has 2 aromatic rings. The molecule has 0 saturated carbocycles. The molecule has 12 heteroatoms. The zero-order chi connectivity index (χ0) is 16.5. The Bertz CT molecular complexity index is 696. The number of hydrogen-bond donors (Lipinski definition) is 2. The summed E-state index contributed by atoms with van der Waals surface area (Å²) in [6, 6.07) is 4.21. The monoisotopic (exact) mass is 342 g/mol. The molecule has 0 amide bonds. The SMILES string of the molecule is O=P(O)(O)C(F)c1nc(-c2ccc(OC(F)(F)F)cc2)no1. The van der Waals surface area contributed by atoms with Crippen molar-refractivity contribution >= 4 is 7.60 Å². The van der Waals surface area contributed by atoms with Crippen LogP contribution in [0.15, 0.2) is 28.8 Å². The van der Waals surface area contributed by atoms with Crippen molar-refractivity contribution in [2.45, 2.75) is 12.3 Å². The Labute approximate surface area is 119 Å². The molecular formula is C10H7F4N2O5P. The molecule has 7 nitrogen and oxygen atoms in total. The summed E-state index contributed by atoms with van der Waals surface area (Å²) in [6.45, 7) is 0. The number of rotatable bonds is 4. The molecule has 0 spiro atoms. The summed E-state index contributed by atoms with van der Waals surface area (Å²) in [6.07, 6.45) is -4.84. The number of hydrogen-bond acceptors (Lipinski definition) is 5. The fourth-order valence-corrected chi connectivity index (χ4v) is 1.79. The smallest absolute Gasteiger partial charge is 0.406 e. The third-order valence-electron chi connectivity index (χ3n) is 2.29. The highest BCUT2D eigenvalue weighted by Crippen LogP contribution is 2.52. The molecule has 22 heavy (non-hydrogen) atoms. The van der Waals surface area contributed by atoms with Crippen molar-refractivity contribution in [1.82, 2.24) is 10.1 Å². The van der Waals surface area contributed by atoms with E-state index in [2.05, 4.69) is 19.4 Å². The summed E-state index contributed by atoms with van der Waals surface area (Å²) in [5, 5.41) is 3.29. The van der Waals surface area contributed by atoms with Crippen molar-refractivity contribution in [3.63, 3.8) is 0 Å². The Morgan fingerprint density at radius 2 is 1.82 bits per heavy atom. The first-order chi connectivity index (χ1) is 10.1. The third kappa shape index (κ3) is 4.03. The lowest BCUT2D eigenvalue weighted by Gasteiger charge is -2.08. The zero-order valence-electron chi connectivity index (χ0n) is 10.4. The first kappa shape index (κ1) is 16.4. The second-order valence-electron chi connectivity index (χ2n) is 3.95. The van der Waals surface area contributed by atoms with Crippen LogP contribution in [0, 0.1) is 0 Å². The van der Waals surface area contributed by atoms with Gasteiger partial charge in [0.05, 0.1) is 0 Å². The molecule has 1 unspecified atom stereocenters. The fraction of sp³-hybridized carbons (Fsp3) is 0.200. The number of ether oxygens (including phenoxy) is 1. The van der Waals surface area contributed by atoms with E-state index in [1.54, 1.807) is 0 Å². The molecule has 2 rings (SSSR count). The van der Waals surface area contributed by atoms with Crippen LogP contribution in [0.5, 0.6) is 5.75 Å². The fourth-order valence-electron chi connectivity index (χ4n) is 1.40. The second-order valence-corrected chi connectivity index (χ2v) is 5.58. The largest absolute Gasteiger partial charge is 0.573 e. The quantitative estimate of drug-likeness (QED) is 0.650. The lowest BCUT2D eigenvalue weighted by Crippen LogP contribution is -2.16. The van der Waals surface area contributed by atoms with Gasteiger partial charge < -0.3 is 19.0 Å². The standard InChI is InChI=1S/C10H7F4N2O5P/c11-7(22(17,18)19)9-15-8(16-21-9)5-1-3-6(4-2-5)20-10(12,13)14/h1-4,7H,(H2,17,18,19). The van der Waals surface area contributed by atoms with Crippen molar-refractivity contribution in [2.75, 3.05) is 0 Å². The molecule has 1 atom stereocenters. The second kappa shape index (κ2) is 5.67. The van der Waals surface area contributed by atoms with Gasteiger partial charge in [-0.15, -0.1) is 13.2 Å². The molecular weight excluding hydrogens is 335 g/mol. The van der Waals surface area contributed by atoms with E-state index in [1.165, 1.54) is 0 Å². The van der Waals surface area contributed by atoms with Crippen molar-refractivity contribution in [2.24, 2.45) is 0 Å². The van der Waals surface area contributed by atoms with Crippen molar-refractivity contribution < 1.29 is 41.2 Å². The maximum Gasteiger partial charge on any atom is 0.573 e. The minimum absolute atomic E-state index is 0.141. The summed E-state index contributed by atoms with van der Waals surface area (Å²) < 4.78 is 68.0. The van der Waals surface area contributed by atoms with Gasteiger partial charge in [0.25, 0.3) is 11.8 Å². The summed E-state index contributed by atoms with van der Waals surface area (Å²) >= 11 is 0. The van der Waals surface area contributed by atoms with Gasteiger partial charge in [-0.1, -0.05) is 5.16 Å². The number of alkyl halides is 4. The molecule has 1 aromatic carbocycles. The number of halogens is 4. The summed E-state index contributed by atoms with van der Waals surface area (Å²) in [5.74, 6) is -4.44. The molecule has 0 aliphatic rings. The van der Waals surface area contributed by atoms with Gasteiger partial charge in [0.15, 0.2) is 0 Å². The molecule has 0 aliphatic heterocycles. The minimum atomic E-state index is -5.10. The first-order valence-corrected chi connectivity index (χ1v) is 7.13. The average Bonchev–Trinajstić information content (AvgIpc) is 2.85. The van der Waals surface area contributed by atoms with Gasteiger partial charge in [0.2, 0.25) is 5.82 Å². The van der Waals surface area contributed by atoms with Crippen LogP contribution < -0.4 is 4.74 Å². The van der Waals surface area contributed by atoms with E-state index in [9.17, 15) is 22.1 Å². The normalized spacial score (nSPS) is 13.9. The van der Waals surface area contributed by atoms with Crippen LogP contribution in [0.25, 0.3) is 11.4 Å². The van der Waals surface area contributed by atoms with Crippen LogP contribution in [0.4, 0.5) is 17.6 Å². The van der Waals surface area contributed by atoms with Crippen LogP contribution in [0.1, 0.15) is 11.8 Å². The van der Waals surface area contributed by atoms with E-state index in [1.807, 2.05) is 0 Å². The van der Waals surface area contributed by atoms with Crippen molar-refractivity contribution in [3.05, 3.63) is 30.2 Å². The topological polar surface area (TPSA) is 106 Å². The highest BCUT2D eigenvalue weighted by Gasteiger charge is 2.36. The maximum atomic E-state index is 13.3. The Hall–Kier alpha value is -1.97. The van der Waals surface area contributed by atoms with Crippen LogP contribution in [-0.4, -0.2) is 26.3 Å². The molecule has 120 valence electrons. The van der Waals surface area contributed by atoms with E-state index in [0.717, 1.165) is 24.3 Å². The van der Waals surface area contributed by atoms with E-state index in [0.29, 0.717) is 0 Å².